The fraction of sp³-hybridized carbons (Fsp3) is 0.300. The minimum absolute atomic E-state index is 0.320. The largest absolute Gasteiger partial charge is 0.493 e. The van der Waals surface area contributed by atoms with E-state index in [1.165, 1.54) is 19.4 Å². The van der Waals surface area contributed by atoms with Gasteiger partial charge in [0.2, 0.25) is 0 Å². The van der Waals surface area contributed by atoms with Crippen molar-refractivity contribution in [2.24, 2.45) is 11.0 Å². The molecule has 5 nitrogen and oxygen atoms in total. The minimum Gasteiger partial charge on any atom is -0.493 e. The highest BCUT2D eigenvalue weighted by molar-refractivity contribution is 5.95. The molecule has 0 saturated heterocycles. The van der Waals surface area contributed by atoms with Gasteiger partial charge in [0.15, 0.2) is 23.1 Å². The second kappa shape index (κ2) is 9.66. The van der Waals surface area contributed by atoms with Crippen molar-refractivity contribution in [1.29, 1.82) is 0 Å². The molecule has 0 spiro atoms. The molecule has 0 aliphatic heterocycles. The first-order chi connectivity index (χ1) is 12.9. The molecule has 2 rings (SSSR count). The lowest BCUT2D eigenvalue weighted by atomic mass is 10.1. The smallest absolute Gasteiger partial charge is 0.271 e. The van der Waals surface area contributed by atoms with Crippen LogP contribution in [0.1, 0.15) is 36.2 Å². The van der Waals surface area contributed by atoms with Crippen molar-refractivity contribution in [1.82, 2.24) is 5.43 Å². The van der Waals surface area contributed by atoms with E-state index in [9.17, 15) is 13.6 Å². The zero-order valence-corrected chi connectivity index (χ0v) is 15.5. The molecule has 0 radical (unpaired) electrons. The summed E-state index contributed by atoms with van der Waals surface area (Å²) in [6, 6.07) is 8.12. The maximum absolute atomic E-state index is 13.1. The lowest BCUT2D eigenvalue weighted by Gasteiger charge is -2.12. The highest BCUT2D eigenvalue weighted by Crippen LogP contribution is 2.28. The molecule has 27 heavy (non-hydrogen) atoms. The van der Waals surface area contributed by atoms with Gasteiger partial charge < -0.3 is 9.47 Å². The van der Waals surface area contributed by atoms with Gasteiger partial charge in [-0.3, -0.25) is 4.79 Å². The zero-order chi connectivity index (χ0) is 19.8. The van der Waals surface area contributed by atoms with Crippen LogP contribution in [0.3, 0.4) is 0 Å². The van der Waals surface area contributed by atoms with Crippen molar-refractivity contribution in [3.8, 4) is 11.5 Å². The fourth-order valence-electron chi connectivity index (χ4n) is 2.16. The average molecular weight is 376 g/mol. The number of hydrogen-bond donors (Lipinski definition) is 1. The summed E-state index contributed by atoms with van der Waals surface area (Å²) in [6.45, 7) is 4.77. The van der Waals surface area contributed by atoms with E-state index in [1.54, 1.807) is 18.2 Å². The summed E-state index contributed by atoms with van der Waals surface area (Å²) in [4.78, 5) is 12.2. The van der Waals surface area contributed by atoms with Gasteiger partial charge in [-0.2, -0.15) is 5.10 Å². The second-order valence-electron chi connectivity index (χ2n) is 6.27. The molecule has 0 saturated carbocycles. The van der Waals surface area contributed by atoms with E-state index in [0.717, 1.165) is 18.6 Å². The second-order valence-corrected chi connectivity index (χ2v) is 6.27. The number of carbonyl (C=O) groups excluding carboxylic acids is 1. The number of benzene rings is 2. The van der Waals surface area contributed by atoms with Gasteiger partial charge in [0.1, 0.15) is 0 Å². The molecule has 1 N–H and O–H groups in total. The lowest BCUT2D eigenvalue weighted by molar-refractivity contribution is 0.0954. The molecule has 2 aromatic rings. The van der Waals surface area contributed by atoms with Crippen LogP contribution >= 0.6 is 0 Å². The van der Waals surface area contributed by atoms with Crippen LogP contribution in [0.5, 0.6) is 11.5 Å². The number of halogens is 2. The Kier molecular flexibility index (Phi) is 7.28. The third-order valence-electron chi connectivity index (χ3n) is 3.70. The third-order valence-corrected chi connectivity index (χ3v) is 3.70. The molecule has 0 aliphatic carbocycles. The molecule has 1 amide bonds. The van der Waals surface area contributed by atoms with Crippen LogP contribution in [0.4, 0.5) is 8.78 Å². The number of hydrogen-bond acceptors (Lipinski definition) is 4. The molecule has 0 heterocycles. The minimum atomic E-state index is -0.983. The number of amides is 1. The van der Waals surface area contributed by atoms with Gasteiger partial charge in [0.25, 0.3) is 5.91 Å². The fourth-order valence-corrected chi connectivity index (χ4v) is 2.16. The maximum Gasteiger partial charge on any atom is 0.271 e. The predicted octanol–water partition coefficient (Wildman–Crippen LogP) is 4.16. The predicted molar refractivity (Wildman–Crippen MR) is 99.4 cm³/mol. The van der Waals surface area contributed by atoms with Crippen LogP contribution in [0.2, 0.25) is 0 Å². The number of ether oxygens (including phenoxy) is 2. The van der Waals surface area contributed by atoms with Gasteiger partial charge in [-0.1, -0.05) is 19.9 Å². The highest BCUT2D eigenvalue weighted by atomic mass is 19.2. The quantitative estimate of drug-likeness (QED) is 0.556. The normalized spacial score (nSPS) is 11.0. The number of nitrogens with zero attached hydrogens (tertiary/aromatic N) is 1. The van der Waals surface area contributed by atoms with E-state index in [-0.39, 0.29) is 0 Å². The van der Waals surface area contributed by atoms with E-state index < -0.39 is 17.5 Å². The SMILES string of the molecule is COc1cc(C(=O)N/N=C/c2ccc(F)c(F)c2)ccc1OCCC(C)C. The van der Waals surface area contributed by atoms with Crippen LogP contribution < -0.4 is 14.9 Å². The molecule has 144 valence electrons. The molecule has 2 aromatic carbocycles. The van der Waals surface area contributed by atoms with Gasteiger partial charge in [-0.05, 0) is 48.2 Å². The van der Waals surface area contributed by atoms with E-state index in [0.29, 0.717) is 35.2 Å². The third kappa shape index (κ3) is 6.06. The Morgan fingerprint density at radius 3 is 2.59 bits per heavy atom. The number of hydrazone groups is 1. The van der Waals surface area contributed by atoms with Crippen LogP contribution in [-0.4, -0.2) is 25.8 Å². The van der Waals surface area contributed by atoms with Crippen molar-refractivity contribution in [2.45, 2.75) is 20.3 Å². The first-order valence-corrected chi connectivity index (χ1v) is 8.50. The lowest BCUT2D eigenvalue weighted by Crippen LogP contribution is -2.17. The summed E-state index contributed by atoms with van der Waals surface area (Å²) in [7, 11) is 1.49. The van der Waals surface area contributed by atoms with Crippen LogP contribution in [-0.2, 0) is 0 Å². The van der Waals surface area contributed by atoms with Crippen molar-refractivity contribution >= 4 is 12.1 Å². The first-order valence-electron chi connectivity index (χ1n) is 8.50. The maximum atomic E-state index is 13.1. The zero-order valence-electron chi connectivity index (χ0n) is 15.5. The van der Waals surface area contributed by atoms with Crippen molar-refractivity contribution in [2.75, 3.05) is 13.7 Å². The molecule has 0 fully saturated rings. The molecule has 7 heteroatoms. The number of methoxy groups -OCH3 is 1. The summed E-state index contributed by atoms with van der Waals surface area (Å²) in [5.41, 5.74) is 2.97. The summed E-state index contributed by atoms with van der Waals surface area (Å²) in [5.74, 6) is -0.882. The molecular weight excluding hydrogens is 354 g/mol. The number of carbonyl (C=O) groups is 1. The highest BCUT2D eigenvalue weighted by Gasteiger charge is 2.11. The Hall–Kier alpha value is -2.96. The van der Waals surface area contributed by atoms with Crippen molar-refractivity contribution in [3.05, 3.63) is 59.2 Å². The summed E-state index contributed by atoms with van der Waals surface area (Å²) in [5, 5.41) is 3.75. The summed E-state index contributed by atoms with van der Waals surface area (Å²) < 4.78 is 37.0. The molecule has 0 unspecified atom stereocenters. The van der Waals surface area contributed by atoms with Crippen molar-refractivity contribution in [3.63, 3.8) is 0 Å². The number of nitrogens with one attached hydrogen (secondary N) is 1. The Morgan fingerprint density at radius 2 is 1.93 bits per heavy atom. The van der Waals surface area contributed by atoms with E-state index >= 15 is 0 Å². The van der Waals surface area contributed by atoms with E-state index in [2.05, 4.69) is 24.4 Å². The Balaban J connectivity index is 2.00. The molecule has 0 atom stereocenters. The molecular formula is C20H22F2N2O3. The van der Waals surface area contributed by atoms with Gasteiger partial charge >= 0.3 is 0 Å². The van der Waals surface area contributed by atoms with E-state index in [1.807, 2.05) is 0 Å². The van der Waals surface area contributed by atoms with Crippen LogP contribution in [0.15, 0.2) is 41.5 Å². The monoisotopic (exact) mass is 376 g/mol. The van der Waals surface area contributed by atoms with Gasteiger partial charge in [-0.25, -0.2) is 14.2 Å². The molecule has 0 aromatic heterocycles. The Morgan fingerprint density at radius 1 is 1.15 bits per heavy atom. The van der Waals surface area contributed by atoms with Gasteiger partial charge in [0.05, 0.1) is 19.9 Å². The Bertz CT molecular complexity index is 823. The topological polar surface area (TPSA) is 59.9 Å². The van der Waals surface area contributed by atoms with Crippen molar-refractivity contribution < 1.29 is 23.0 Å². The van der Waals surface area contributed by atoms with Gasteiger partial charge in [-0.15, -0.1) is 0 Å². The average Bonchev–Trinajstić information content (AvgIpc) is 2.64. The molecule has 0 bridgehead atoms. The Labute approximate surface area is 157 Å². The van der Waals surface area contributed by atoms with Gasteiger partial charge in [0, 0.05) is 5.56 Å². The summed E-state index contributed by atoms with van der Waals surface area (Å²) >= 11 is 0. The first kappa shape index (κ1) is 20.4. The number of rotatable bonds is 8. The molecule has 0 aliphatic rings. The van der Waals surface area contributed by atoms with Crippen LogP contribution in [0, 0.1) is 17.6 Å². The standard InChI is InChI=1S/C20H22F2N2O3/c1-13(2)8-9-27-18-7-5-15(11-19(18)26-3)20(25)24-23-12-14-4-6-16(21)17(22)10-14/h4-7,10-13H,8-9H2,1-3H3,(H,24,25)/b23-12+. The van der Waals surface area contributed by atoms with E-state index in [4.69, 9.17) is 9.47 Å². The summed E-state index contributed by atoms with van der Waals surface area (Å²) in [6.07, 6.45) is 2.13. The van der Waals surface area contributed by atoms with Crippen LogP contribution in [0.25, 0.3) is 0 Å².